The molecule has 1 aliphatic heterocycles. The topological polar surface area (TPSA) is 49.9 Å². The van der Waals surface area contributed by atoms with Crippen LogP contribution in [0.15, 0.2) is 36.4 Å². The average Bonchev–Trinajstić information content (AvgIpc) is 2.92. The van der Waals surface area contributed by atoms with E-state index in [0.717, 1.165) is 47.6 Å². The summed E-state index contributed by atoms with van der Waals surface area (Å²) in [5.74, 6) is 0.854. The van der Waals surface area contributed by atoms with E-state index < -0.39 is 0 Å². The molecule has 106 valence electrons. The molecule has 0 amide bonds. The van der Waals surface area contributed by atoms with Gasteiger partial charge >= 0.3 is 0 Å². The number of methoxy groups -OCH3 is 1. The van der Waals surface area contributed by atoms with Gasteiger partial charge in [0.05, 0.1) is 23.8 Å². The molecule has 21 heavy (non-hydrogen) atoms. The first-order valence-electron chi connectivity index (χ1n) is 7.21. The van der Waals surface area contributed by atoms with Crippen molar-refractivity contribution in [2.24, 2.45) is 0 Å². The highest BCUT2D eigenvalue weighted by Gasteiger charge is 2.16. The lowest BCUT2D eigenvalue weighted by molar-refractivity contribution is 0.415. The third kappa shape index (κ3) is 2.08. The summed E-state index contributed by atoms with van der Waals surface area (Å²) < 4.78 is 5.30. The highest BCUT2D eigenvalue weighted by atomic mass is 16.5. The van der Waals surface area contributed by atoms with E-state index in [1.165, 1.54) is 11.3 Å². The Morgan fingerprint density at radius 2 is 2.14 bits per heavy atom. The molecule has 2 aromatic heterocycles. The third-order valence-corrected chi connectivity index (χ3v) is 4.05. The first kappa shape index (κ1) is 12.4. The van der Waals surface area contributed by atoms with Gasteiger partial charge in [-0.2, -0.15) is 0 Å². The number of rotatable bonds is 2. The van der Waals surface area contributed by atoms with E-state index in [-0.39, 0.29) is 0 Å². The quantitative estimate of drug-likeness (QED) is 0.758. The summed E-state index contributed by atoms with van der Waals surface area (Å²) >= 11 is 0. The monoisotopic (exact) mass is 279 g/mol. The lowest BCUT2D eigenvalue weighted by Crippen LogP contribution is -2.23. The zero-order valence-corrected chi connectivity index (χ0v) is 11.9. The number of pyridine rings is 1. The molecule has 0 unspecified atom stereocenters. The zero-order chi connectivity index (χ0) is 14.2. The Morgan fingerprint density at radius 3 is 3.05 bits per heavy atom. The normalized spacial score (nSPS) is 14.1. The molecule has 3 heterocycles. The molecule has 0 bridgehead atoms. The molecule has 0 spiro atoms. The predicted molar refractivity (Wildman–Crippen MR) is 83.5 cm³/mol. The molecular formula is C17H17N3O. The lowest BCUT2D eigenvalue weighted by Gasteiger charge is -2.12. The van der Waals surface area contributed by atoms with Crippen LogP contribution < -0.4 is 10.1 Å². The number of nitrogens with zero attached hydrogens (tertiary/aromatic N) is 1. The van der Waals surface area contributed by atoms with Crippen LogP contribution in [0.4, 0.5) is 0 Å². The minimum Gasteiger partial charge on any atom is -0.497 e. The van der Waals surface area contributed by atoms with Crippen LogP contribution in [0.3, 0.4) is 0 Å². The van der Waals surface area contributed by atoms with E-state index in [1.807, 2.05) is 18.2 Å². The molecule has 0 saturated heterocycles. The van der Waals surface area contributed by atoms with Crippen LogP contribution in [-0.2, 0) is 13.0 Å². The van der Waals surface area contributed by atoms with Crippen molar-refractivity contribution in [2.45, 2.75) is 13.0 Å². The second kappa shape index (κ2) is 4.90. The van der Waals surface area contributed by atoms with Crippen LogP contribution in [0.5, 0.6) is 5.75 Å². The summed E-state index contributed by atoms with van der Waals surface area (Å²) in [6.45, 7) is 1.92. The van der Waals surface area contributed by atoms with Crippen LogP contribution >= 0.6 is 0 Å². The molecule has 2 N–H and O–H groups in total. The van der Waals surface area contributed by atoms with Gasteiger partial charge in [-0.1, -0.05) is 12.1 Å². The van der Waals surface area contributed by atoms with Gasteiger partial charge in [-0.3, -0.25) is 0 Å². The second-order valence-corrected chi connectivity index (χ2v) is 5.33. The second-order valence-electron chi connectivity index (χ2n) is 5.33. The number of hydrogen-bond donors (Lipinski definition) is 2. The van der Waals surface area contributed by atoms with Crippen molar-refractivity contribution in [3.63, 3.8) is 0 Å². The van der Waals surface area contributed by atoms with E-state index in [2.05, 4.69) is 28.5 Å². The van der Waals surface area contributed by atoms with E-state index in [9.17, 15) is 0 Å². The van der Waals surface area contributed by atoms with Crippen LogP contribution in [0.25, 0.3) is 22.3 Å². The molecular weight excluding hydrogens is 262 g/mol. The lowest BCUT2D eigenvalue weighted by atomic mass is 10.1. The van der Waals surface area contributed by atoms with Gasteiger partial charge in [-0.25, -0.2) is 4.98 Å². The van der Waals surface area contributed by atoms with Gasteiger partial charge in [0.2, 0.25) is 0 Å². The Kier molecular flexibility index (Phi) is 2.89. The van der Waals surface area contributed by atoms with Crippen molar-refractivity contribution in [3.05, 3.63) is 47.7 Å². The van der Waals surface area contributed by atoms with Crippen molar-refractivity contribution in [3.8, 4) is 17.0 Å². The van der Waals surface area contributed by atoms with Crippen molar-refractivity contribution in [2.75, 3.05) is 13.7 Å². The van der Waals surface area contributed by atoms with E-state index in [0.29, 0.717) is 0 Å². The van der Waals surface area contributed by atoms with Gasteiger partial charge in [-0.05, 0) is 24.3 Å². The third-order valence-electron chi connectivity index (χ3n) is 4.05. The Bertz CT molecular complexity index is 807. The summed E-state index contributed by atoms with van der Waals surface area (Å²) in [6, 6.07) is 12.2. The number of benzene rings is 1. The molecule has 0 aliphatic carbocycles. The molecule has 1 aromatic carbocycles. The largest absolute Gasteiger partial charge is 0.497 e. The maximum Gasteiger partial charge on any atom is 0.119 e. The van der Waals surface area contributed by atoms with Gasteiger partial charge in [0.1, 0.15) is 5.75 Å². The van der Waals surface area contributed by atoms with Crippen LogP contribution in [0.2, 0.25) is 0 Å². The summed E-state index contributed by atoms with van der Waals surface area (Å²) in [5, 5.41) is 3.42. The average molecular weight is 279 g/mol. The minimum absolute atomic E-state index is 0.854. The number of aromatic amines is 1. The fourth-order valence-corrected chi connectivity index (χ4v) is 2.94. The highest BCUT2D eigenvalue weighted by molar-refractivity contribution is 5.83. The first-order chi connectivity index (χ1) is 10.3. The van der Waals surface area contributed by atoms with Gasteiger partial charge in [0, 0.05) is 36.3 Å². The Labute approximate surface area is 123 Å². The van der Waals surface area contributed by atoms with Crippen molar-refractivity contribution >= 4 is 11.0 Å². The first-order valence-corrected chi connectivity index (χ1v) is 7.21. The van der Waals surface area contributed by atoms with Crippen molar-refractivity contribution in [1.29, 1.82) is 0 Å². The van der Waals surface area contributed by atoms with Gasteiger partial charge in [0.15, 0.2) is 0 Å². The fraction of sp³-hybridized carbons (Fsp3) is 0.235. The predicted octanol–water partition coefficient (Wildman–Crippen LogP) is 2.88. The molecule has 4 nitrogen and oxygen atoms in total. The number of ether oxygens (including phenoxy) is 1. The van der Waals surface area contributed by atoms with Crippen molar-refractivity contribution in [1.82, 2.24) is 15.3 Å². The summed E-state index contributed by atoms with van der Waals surface area (Å²) in [6.07, 6.45) is 1.04. The molecule has 3 aromatic rings. The van der Waals surface area contributed by atoms with Crippen LogP contribution in [0, 0.1) is 0 Å². The van der Waals surface area contributed by atoms with Gasteiger partial charge in [-0.15, -0.1) is 0 Å². The molecule has 0 radical (unpaired) electrons. The van der Waals surface area contributed by atoms with E-state index in [4.69, 9.17) is 9.72 Å². The van der Waals surface area contributed by atoms with Gasteiger partial charge < -0.3 is 15.0 Å². The van der Waals surface area contributed by atoms with E-state index >= 15 is 0 Å². The van der Waals surface area contributed by atoms with Crippen LogP contribution in [0.1, 0.15) is 11.3 Å². The summed E-state index contributed by atoms with van der Waals surface area (Å²) in [5.41, 5.74) is 6.89. The van der Waals surface area contributed by atoms with Crippen LogP contribution in [-0.4, -0.2) is 23.6 Å². The number of nitrogens with one attached hydrogen (secondary N) is 2. The maximum absolute atomic E-state index is 5.30. The SMILES string of the molecule is COc1cccc(-c2ccc3[nH]c4c(c3n2)CNCC4)c1. The zero-order valence-electron chi connectivity index (χ0n) is 11.9. The Morgan fingerprint density at radius 1 is 1.19 bits per heavy atom. The molecule has 4 heteroatoms. The number of fused-ring (bicyclic) bond motifs is 3. The standard InChI is InChI=1S/C17H17N3O/c1-21-12-4-2-3-11(9-12)14-5-6-16-17(20-14)13-10-18-8-7-15(13)19-16/h2-6,9,18-19H,7-8,10H2,1H3. The summed E-state index contributed by atoms with van der Waals surface area (Å²) in [4.78, 5) is 8.36. The fourth-order valence-electron chi connectivity index (χ4n) is 2.94. The molecule has 0 saturated carbocycles. The highest BCUT2D eigenvalue weighted by Crippen LogP contribution is 2.28. The Balaban J connectivity index is 1.86. The smallest absolute Gasteiger partial charge is 0.119 e. The molecule has 1 aliphatic rings. The molecule has 0 atom stereocenters. The number of H-pyrrole nitrogens is 1. The maximum atomic E-state index is 5.30. The Hall–Kier alpha value is -2.33. The van der Waals surface area contributed by atoms with E-state index in [1.54, 1.807) is 7.11 Å². The van der Waals surface area contributed by atoms with Gasteiger partial charge in [0.25, 0.3) is 0 Å². The summed E-state index contributed by atoms with van der Waals surface area (Å²) in [7, 11) is 1.68. The van der Waals surface area contributed by atoms with Crippen molar-refractivity contribution < 1.29 is 4.74 Å². The molecule has 0 fully saturated rings. The number of hydrogen-bond acceptors (Lipinski definition) is 3. The number of aromatic nitrogens is 2. The minimum atomic E-state index is 0.854. The molecule has 4 rings (SSSR count).